The van der Waals surface area contributed by atoms with Crippen LogP contribution in [0, 0.1) is 5.41 Å². The molecule has 0 spiro atoms. The van der Waals surface area contributed by atoms with Gasteiger partial charge in [-0.15, -0.1) is 0 Å². The van der Waals surface area contributed by atoms with Gasteiger partial charge < -0.3 is 9.84 Å². The number of aliphatic hydroxyl groups is 1. The fourth-order valence-corrected chi connectivity index (χ4v) is 4.63. The molecular formula is C25H48O2. The molecule has 160 valence electrons. The summed E-state index contributed by atoms with van der Waals surface area (Å²) in [5, 5.41) is 10.1. The Morgan fingerprint density at radius 1 is 0.815 bits per heavy atom. The van der Waals surface area contributed by atoms with Crippen LogP contribution in [0.25, 0.3) is 0 Å². The quantitative estimate of drug-likeness (QED) is 0.221. The molecule has 0 aromatic carbocycles. The summed E-state index contributed by atoms with van der Waals surface area (Å²) in [5.41, 5.74) is 3.11. The molecule has 0 heterocycles. The number of hydrogen-bond acceptors (Lipinski definition) is 2. The van der Waals surface area contributed by atoms with Gasteiger partial charge in [0.2, 0.25) is 0 Å². The van der Waals surface area contributed by atoms with Gasteiger partial charge in [-0.05, 0) is 50.0 Å². The van der Waals surface area contributed by atoms with Gasteiger partial charge in [0.1, 0.15) is 0 Å². The molecule has 0 aliphatic heterocycles. The van der Waals surface area contributed by atoms with Crippen molar-refractivity contribution in [1.82, 2.24) is 0 Å². The van der Waals surface area contributed by atoms with Crippen molar-refractivity contribution < 1.29 is 9.84 Å². The topological polar surface area (TPSA) is 29.5 Å². The summed E-state index contributed by atoms with van der Waals surface area (Å²) >= 11 is 0. The summed E-state index contributed by atoms with van der Waals surface area (Å²) < 4.78 is 5.09. The van der Waals surface area contributed by atoms with Gasteiger partial charge in [0, 0.05) is 13.7 Å². The monoisotopic (exact) mass is 380 g/mol. The summed E-state index contributed by atoms with van der Waals surface area (Å²) in [6.45, 7) is 7.80. The predicted molar refractivity (Wildman–Crippen MR) is 118 cm³/mol. The number of hydrogen-bond donors (Lipinski definition) is 1. The van der Waals surface area contributed by atoms with Crippen LogP contribution in [0.15, 0.2) is 11.1 Å². The highest BCUT2D eigenvalue weighted by Crippen LogP contribution is 2.42. The first-order chi connectivity index (χ1) is 13.0. The van der Waals surface area contributed by atoms with Crippen molar-refractivity contribution >= 4 is 0 Å². The van der Waals surface area contributed by atoms with Crippen LogP contribution >= 0.6 is 0 Å². The smallest absolute Gasteiger partial charge is 0.0750 e. The van der Waals surface area contributed by atoms with Gasteiger partial charge in [-0.2, -0.15) is 0 Å². The molecule has 0 radical (unpaired) electrons. The molecule has 1 aliphatic carbocycles. The van der Waals surface area contributed by atoms with Crippen molar-refractivity contribution in [2.24, 2.45) is 5.41 Å². The van der Waals surface area contributed by atoms with E-state index in [0.29, 0.717) is 5.41 Å². The first-order valence-electron chi connectivity index (χ1n) is 11.9. The predicted octanol–water partition coefficient (Wildman–Crippen LogP) is 7.59. The van der Waals surface area contributed by atoms with Crippen molar-refractivity contribution in [3.63, 3.8) is 0 Å². The highest BCUT2D eigenvalue weighted by Gasteiger charge is 2.31. The lowest BCUT2D eigenvalue weighted by Gasteiger charge is -2.37. The van der Waals surface area contributed by atoms with Gasteiger partial charge in [0.05, 0.1) is 6.10 Å². The number of ether oxygens (including phenoxy) is 1. The standard InChI is InChI=1S/C25H48O2/c1-22-23(25(2,3)20-19-24(22)26)18-16-14-12-10-8-6-5-7-9-11-13-15-17-21-27-4/h24,26H,5-21H2,1-4H3. The van der Waals surface area contributed by atoms with Crippen LogP contribution in [0.2, 0.25) is 0 Å². The van der Waals surface area contributed by atoms with E-state index >= 15 is 0 Å². The second-order valence-electron chi connectivity index (χ2n) is 9.44. The van der Waals surface area contributed by atoms with E-state index in [1.54, 1.807) is 12.7 Å². The molecule has 1 unspecified atom stereocenters. The van der Waals surface area contributed by atoms with E-state index in [9.17, 15) is 5.11 Å². The van der Waals surface area contributed by atoms with Crippen molar-refractivity contribution in [3.8, 4) is 0 Å². The Morgan fingerprint density at radius 3 is 1.74 bits per heavy atom. The van der Waals surface area contributed by atoms with Crippen LogP contribution in [0.1, 0.15) is 124 Å². The van der Waals surface area contributed by atoms with Gasteiger partial charge in [-0.1, -0.05) is 90.0 Å². The fraction of sp³-hybridized carbons (Fsp3) is 0.920. The lowest BCUT2D eigenvalue weighted by Crippen LogP contribution is -2.28. The Hall–Kier alpha value is -0.340. The Bertz CT molecular complexity index is 397. The normalized spacial score (nSPS) is 19.7. The van der Waals surface area contributed by atoms with Crippen LogP contribution < -0.4 is 0 Å². The maximum atomic E-state index is 10.1. The van der Waals surface area contributed by atoms with Crippen LogP contribution in [-0.4, -0.2) is 24.9 Å². The SMILES string of the molecule is COCCCCCCCCCCCCCCCC1=C(C)C(O)CCC1(C)C. The zero-order valence-corrected chi connectivity index (χ0v) is 19.0. The lowest BCUT2D eigenvalue weighted by molar-refractivity contribution is 0.158. The van der Waals surface area contributed by atoms with Gasteiger partial charge in [-0.3, -0.25) is 0 Å². The van der Waals surface area contributed by atoms with Crippen LogP contribution in [0.5, 0.6) is 0 Å². The zero-order valence-electron chi connectivity index (χ0n) is 19.0. The number of allylic oxidation sites excluding steroid dienone is 1. The Balaban J connectivity index is 1.93. The molecule has 27 heavy (non-hydrogen) atoms. The molecular weight excluding hydrogens is 332 g/mol. The number of methoxy groups -OCH3 is 1. The van der Waals surface area contributed by atoms with Crippen LogP contribution in [0.3, 0.4) is 0 Å². The van der Waals surface area contributed by atoms with E-state index in [4.69, 9.17) is 4.74 Å². The highest BCUT2D eigenvalue weighted by atomic mass is 16.5. The zero-order chi connectivity index (χ0) is 20.0. The summed E-state index contributed by atoms with van der Waals surface area (Å²) in [6.07, 6.45) is 21.0. The molecule has 0 saturated carbocycles. The first kappa shape index (κ1) is 24.7. The van der Waals surface area contributed by atoms with E-state index in [2.05, 4.69) is 20.8 Å². The third kappa shape index (κ3) is 10.7. The molecule has 0 aromatic heterocycles. The molecule has 1 N–H and O–H groups in total. The second-order valence-corrected chi connectivity index (χ2v) is 9.44. The Labute approximate surface area is 170 Å². The third-order valence-electron chi connectivity index (χ3n) is 6.61. The van der Waals surface area contributed by atoms with Crippen molar-refractivity contribution in [3.05, 3.63) is 11.1 Å². The maximum Gasteiger partial charge on any atom is 0.0750 e. The summed E-state index contributed by atoms with van der Waals surface area (Å²) in [5.74, 6) is 0. The van der Waals surface area contributed by atoms with Crippen molar-refractivity contribution in [2.75, 3.05) is 13.7 Å². The van der Waals surface area contributed by atoms with Gasteiger partial charge >= 0.3 is 0 Å². The number of rotatable bonds is 16. The lowest BCUT2D eigenvalue weighted by atomic mass is 9.70. The van der Waals surface area contributed by atoms with E-state index < -0.39 is 0 Å². The minimum absolute atomic E-state index is 0.182. The van der Waals surface area contributed by atoms with Crippen molar-refractivity contribution in [1.29, 1.82) is 0 Å². The van der Waals surface area contributed by atoms with Crippen LogP contribution in [0.4, 0.5) is 0 Å². The second kappa shape index (κ2) is 14.6. The minimum Gasteiger partial charge on any atom is -0.389 e. The largest absolute Gasteiger partial charge is 0.389 e. The van der Waals surface area contributed by atoms with Gasteiger partial charge in [0.25, 0.3) is 0 Å². The summed E-state index contributed by atoms with van der Waals surface area (Å²) in [7, 11) is 1.79. The van der Waals surface area contributed by atoms with Gasteiger partial charge in [0.15, 0.2) is 0 Å². The molecule has 2 heteroatoms. The molecule has 1 rings (SSSR count). The van der Waals surface area contributed by atoms with E-state index in [-0.39, 0.29) is 6.10 Å². The first-order valence-corrected chi connectivity index (χ1v) is 11.9. The summed E-state index contributed by atoms with van der Waals surface area (Å²) in [6, 6.07) is 0. The summed E-state index contributed by atoms with van der Waals surface area (Å²) in [4.78, 5) is 0. The van der Waals surface area contributed by atoms with E-state index in [0.717, 1.165) is 19.4 Å². The molecule has 0 aromatic rings. The molecule has 1 atom stereocenters. The van der Waals surface area contributed by atoms with Gasteiger partial charge in [-0.25, -0.2) is 0 Å². The molecule has 0 fully saturated rings. The fourth-order valence-electron chi connectivity index (χ4n) is 4.63. The molecule has 0 bridgehead atoms. The van der Waals surface area contributed by atoms with Crippen molar-refractivity contribution in [2.45, 2.75) is 130 Å². The minimum atomic E-state index is -0.182. The Morgan fingerprint density at radius 2 is 1.26 bits per heavy atom. The van der Waals surface area contributed by atoms with E-state index in [1.807, 2.05) is 0 Å². The average Bonchev–Trinajstić information content (AvgIpc) is 2.64. The third-order valence-corrected chi connectivity index (χ3v) is 6.61. The van der Waals surface area contributed by atoms with Crippen LogP contribution in [-0.2, 0) is 4.74 Å². The number of aliphatic hydroxyl groups excluding tert-OH is 1. The average molecular weight is 381 g/mol. The molecule has 1 aliphatic rings. The Kier molecular flexibility index (Phi) is 13.4. The molecule has 2 nitrogen and oxygen atoms in total. The van der Waals surface area contributed by atoms with E-state index in [1.165, 1.54) is 95.5 Å². The molecule has 0 amide bonds. The highest BCUT2D eigenvalue weighted by molar-refractivity contribution is 5.25. The molecule has 0 saturated heterocycles. The maximum absolute atomic E-state index is 10.1. The number of unbranched alkanes of at least 4 members (excludes halogenated alkanes) is 12.